The highest BCUT2D eigenvalue weighted by Gasteiger charge is 2.70. The van der Waals surface area contributed by atoms with Gasteiger partial charge in [-0.2, -0.15) is 0 Å². The molecule has 2 aromatic heterocycles. The number of aliphatic hydroxyl groups excluding tert-OH is 1. The van der Waals surface area contributed by atoms with E-state index in [9.17, 15) is 22.7 Å². The Kier molecular flexibility index (Phi) is 3.94. The Hall–Kier alpha value is -2.36. The van der Waals surface area contributed by atoms with Crippen LogP contribution in [0.3, 0.4) is 0 Å². The summed E-state index contributed by atoms with van der Waals surface area (Å²) in [5, 5.41) is 10.6. The van der Waals surface area contributed by atoms with Crippen LogP contribution < -0.4 is 10.5 Å². The second-order valence-corrected chi connectivity index (χ2v) is 8.10. The Morgan fingerprint density at radius 3 is 2.46 bits per heavy atom. The summed E-state index contributed by atoms with van der Waals surface area (Å²) in [4.78, 5) is 8.19. The van der Waals surface area contributed by atoms with Gasteiger partial charge in [-0.1, -0.05) is 13.8 Å². The summed E-state index contributed by atoms with van der Waals surface area (Å²) < 4.78 is 57.5. The van der Waals surface area contributed by atoms with Crippen LogP contribution in [0.4, 0.5) is 23.4 Å². The molecule has 0 aliphatic heterocycles. The van der Waals surface area contributed by atoms with Crippen LogP contribution in [0.1, 0.15) is 45.0 Å². The first-order valence-electron chi connectivity index (χ1n) is 8.90. The zero-order chi connectivity index (χ0) is 20.5. The van der Waals surface area contributed by atoms with Crippen LogP contribution in [0.2, 0.25) is 0 Å². The van der Waals surface area contributed by atoms with Gasteiger partial charge in [0.1, 0.15) is 17.6 Å². The molecule has 0 spiro atoms. The van der Waals surface area contributed by atoms with E-state index in [1.807, 2.05) is 13.8 Å². The first-order valence-corrected chi connectivity index (χ1v) is 8.90. The Morgan fingerprint density at radius 1 is 1.29 bits per heavy atom. The van der Waals surface area contributed by atoms with Crippen molar-refractivity contribution in [1.82, 2.24) is 14.5 Å². The molecule has 3 aliphatic rings. The van der Waals surface area contributed by atoms with E-state index < -0.39 is 35.2 Å². The molecule has 28 heavy (non-hydrogen) atoms. The molecule has 10 heteroatoms. The van der Waals surface area contributed by atoms with Crippen molar-refractivity contribution in [1.29, 1.82) is 0 Å². The van der Waals surface area contributed by atoms with Crippen LogP contribution in [0, 0.1) is 5.92 Å². The molecule has 6 nitrogen and oxygen atoms in total. The molecular formula is C18H20F4N4O2. The standard InChI is InChI=1S/C18H20F4N4O2/c1-9(2)13(27)15-25-11(5-26(15)17-6-16(19,7-17)8-17)10-3-12(14(23)24-4-10)28-18(20,21)22/h3-5,9,13,27H,6-8H2,1-2H3,(H2,23,24). The number of hydrogen-bond donors (Lipinski definition) is 2. The molecule has 3 N–H and O–H groups in total. The number of alkyl halides is 4. The van der Waals surface area contributed by atoms with Crippen LogP contribution in [0.5, 0.6) is 5.75 Å². The second kappa shape index (κ2) is 5.82. The number of imidazole rings is 1. The van der Waals surface area contributed by atoms with Gasteiger partial charge in [-0.05, 0) is 12.0 Å². The number of aromatic nitrogens is 3. The van der Waals surface area contributed by atoms with Crippen molar-refractivity contribution in [3.05, 3.63) is 24.3 Å². The number of rotatable bonds is 5. The van der Waals surface area contributed by atoms with E-state index in [0.29, 0.717) is 30.8 Å². The first-order chi connectivity index (χ1) is 12.9. The number of pyridine rings is 1. The van der Waals surface area contributed by atoms with Gasteiger partial charge in [0.15, 0.2) is 11.6 Å². The Bertz CT molecular complexity index is 905. The fraction of sp³-hybridized carbons (Fsp3) is 0.556. The van der Waals surface area contributed by atoms with E-state index in [1.165, 1.54) is 6.20 Å². The molecule has 152 valence electrons. The summed E-state index contributed by atoms with van der Waals surface area (Å²) in [6, 6.07) is 1.10. The van der Waals surface area contributed by atoms with Gasteiger partial charge in [-0.25, -0.2) is 14.4 Å². The monoisotopic (exact) mass is 400 g/mol. The van der Waals surface area contributed by atoms with Crippen LogP contribution >= 0.6 is 0 Å². The van der Waals surface area contributed by atoms with Gasteiger partial charge in [0.05, 0.1) is 11.2 Å². The topological polar surface area (TPSA) is 86.2 Å². The average Bonchev–Trinajstić information content (AvgIpc) is 2.95. The Morgan fingerprint density at radius 2 is 1.93 bits per heavy atom. The van der Waals surface area contributed by atoms with Crippen LogP contribution in [-0.2, 0) is 5.54 Å². The minimum atomic E-state index is -4.91. The van der Waals surface area contributed by atoms with Crippen molar-refractivity contribution in [3.8, 4) is 17.0 Å². The van der Waals surface area contributed by atoms with Crippen molar-refractivity contribution < 1.29 is 27.4 Å². The lowest BCUT2D eigenvalue weighted by Crippen LogP contribution is -2.70. The maximum absolute atomic E-state index is 14.0. The van der Waals surface area contributed by atoms with E-state index in [1.54, 1.807) is 10.8 Å². The maximum Gasteiger partial charge on any atom is 0.573 e. The number of nitrogens with two attached hydrogens (primary N) is 1. The van der Waals surface area contributed by atoms with E-state index in [-0.39, 0.29) is 11.5 Å². The Labute approximate surface area is 158 Å². The lowest BCUT2D eigenvalue weighted by molar-refractivity contribution is -0.274. The highest BCUT2D eigenvalue weighted by molar-refractivity contribution is 5.64. The van der Waals surface area contributed by atoms with Gasteiger partial charge in [-0.3, -0.25) is 0 Å². The summed E-state index contributed by atoms with van der Waals surface area (Å²) >= 11 is 0. The molecule has 3 saturated carbocycles. The highest BCUT2D eigenvalue weighted by Crippen LogP contribution is 2.68. The van der Waals surface area contributed by atoms with Crippen LogP contribution in [-0.4, -0.2) is 31.7 Å². The number of hydrogen-bond acceptors (Lipinski definition) is 5. The number of ether oxygens (including phenoxy) is 1. The molecule has 5 rings (SSSR count). The molecule has 0 amide bonds. The SMILES string of the molecule is CC(C)C(O)c1nc(-c2cnc(N)c(OC(F)(F)F)c2)cn1C12CC(F)(C1)C2. The molecule has 3 fully saturated rings. The van der Waals surface area contributed by atoms with Crippen molar-refractivity contribution in [3.63, 3.8) is 0 Å². The maximum atomic E-state index is 14.0. The normalized spacial score (nSPS) is 27.3. The second-order valence-electron chi connectivity index (χ2n) is 8.10. The van der Waals surface area contributed by atoms with Gasteiger partial charge in [-0.15, -0.1) is 13.2 Å². The lowest BCUT2D eigenvalue weighted by atomic mass is 9.47. The largest absolute Gasteiger partial charge is 0.573 e. The number of nitrogen functional groups attached to an aromatic ring is 1. The molecular weight excluding hydrogens is 380 g/mol. The van der Waals surface area contributed by atoms with E-state index in [2.05, 4.69) is 14.7 Å². The zero-order valence-corrected chi connectivity index (χ0v) is 15.3. The predicted octanol–water partition coefficient (Wildman–Crippen LogP) is 3.72. The number of anilines is 1. The molecule has 2 aromatic rings. The fourth-order valence-electron chi connectivity index (χ4n) is 4.09. The van der Waals surface area contributed by atoms with Gasteiger partial charge in [0.25, 0.3) is 0 Å². The molecule has 0 aromatic carbocycles. The minimum Gasteiger partial charge on any atom is -0.402 e. The molecule has 2 bridgehead atoms. The summed E-state index contributed by atoms with van der Waals surface area (Å²) in [6.45, 7) is 3.64. The number of aliphatic hydroxyl groups is 1. The summed E-state index contributed by atoms with van der Waals surface area (Å²) in [5.74, 6) is -0.809. The third-order valence-corrected chi connectivity index (χ3v) is 5.48. The van der Waals surface area contributed by atoms with Crippen molar-refractivity contribution in [2.75, 3.05) is 5.73 Å². The average molecular weight is 400 g/mol. The predicted molar refractivity (Wildman–Crippen MR) is 92.0 cm³/mol. The first kappa shape index (κ1) is 19.0. The van der Waals surface area contributed by atoms with Crippen LogP contribution in [0.25, 0.3) is 11.3 Å². The van der Waals surface area contributed by atoms with E-state index in [0.717, 1.165) is 6.07 Å². The van der Waals surface area contributed by atoms with Crippen LogP contribution in [0.15, 0.2) is 18.5 Å². The van der Waals surface area contributed by atoms with Gasteiger partial charge < -0.3 is 20.1 Å². The smallest absolute Gasteiger partial charge is 0.402 e. The number of nitrogens with zero attached hydrogens (tertiary/aromatic N) is 3. The molecule has 1 atom stereocenters. The van der Waals surface area contributed by atoms with Gasteiger partial charge in [0, 0.05) is 37.2 Å². The minimum absolute atomic E-state index is 0.144. The van der Waals surface area contributed by atoms with Crippen molar-refractivity contribution in [2.24, 2.45) is 5.92 Å². The van der Waals surface area contributed by atoms with Gasteiger partial charge >= 0.3 is 6.36 Å². The van der Waals surface area contributed by atoms with Gasteiger partial charge in [0.2, 0.25) is 0 Å². The number of halogens is 4. The van der Waals surface area contributed by atoms with Crippen molar-refractivity contribution >= 4 is 5.82 Å². The Balaban J connectivity index is 1.74. The van der Waals surface area contributed by atoms with Crippen molar-refractivity contribution in [2.45, 2.75) is 56.8 Å². The third-order valence-electron chi connectivity index (χ3n) is 5.48. The molecule has 3 aliphatic carbocycles. The quantitative estimate of drug-likeness (QED) is 0.748. The van der Waals surface area contributed by atoms with E-state index >= 15 is 0 Å². The molecule has 0 radical (unpaired) electrons. The summed E-state index contributed by atoms with van der Waals surface area (Å²) in [5.41, 5.74) is 4.46. The zero-order valence-electron chi connectivity index (χ0n) is 15.3. The summed E-state index contributed by atoms with van der Waals surface area (Å²) in [6.07, 6.45) is -1.86. The summed E-state index contributed by atoms with van der Waals surface area (Å²) in [7, 11) is 0. The fourth-order valence-corrected chi connectivity index (χ4v) is 4.09. The molecule has 2 heterocycles. The highest BCUT2D eigenvalue weighted by atomic mass is 19.4. The van der Waals surface area contributed by atoms with E-state index in [4.69, 9.17) is 5.73 Å². The molecule has 1 unspecified atom stereocenters. The molecule has 0 saturated heterocycles. The lowest BCUT2D eigenvalue weighted by Gasteiger charge is -2.66. The third kappa shape index (κ3) is 2.99.